The third-order valence-electron chi connectivity index (χ3n) is 3.78. The molecule has 2 unspecified atom stereocenters. The van der Waals surface area contributed by atoms with Crippen LogP contribution in [-0.2, 0) is 6.42 Å². The van der Waals surface area contributed by atoms with Gasteiger partial charge in [0.2, 0.25) is 0 Å². The highest BCUT2D eigenvalue weighted by molar-refractivity contribution is 7.12. The molecule has 1 aromatic carbocycles. The van der Waals surface area contributed by atoms with Crippen molar-refractivity contribution in [3.8, 4) is 0 Å². The fourth-order valence-corrected chi connectivity index (χ4v) is 3.49. The number of nitrogens with one attached hydrogen (secondary N) is 2. The van der Waals surface area contributed by atoms with Crippen LogP contribution in [-0.4, -0.2) is 9.97 Å². The van der Waals surface area contributed by atoms with Crippen molar-refractivity contribution in [3.63, 3.8) is 0 Å². The van der Waals surface area contributed by atoms with Crippen molar-refractivity contribution in [2.75, 3.05) is 0 Å². The second-order valence-corrected chi connectivity index (χ2v) is 6.61. The normalized spacial score (nSPS) is 14.4. The highest BCUT2D eigenvalue weighted by Gasteiger charge is 2.15. The number of benzene rings is 1. The Morgan fingerprint density at radius 1 is 1.14 bits per heavy atom. The quantitative estimate of drug-likeness (QED) is 0.723. The molecule has 2 N–H and O–H groups in total. The van der Waals surface area contributed by atoms with Crippen molar-refractivity contribution >= 4 is 22.4 Å². The summed E-state index contributed by atoms with van der Waals surface area (Å²) in [7, 11) is 0. The van der Waals surface area contributed by atoms with Crippen LogP contribution < -0.4 is 5.32 Å². The highest BCUT2D eigenvalue weighted by Crippen LogP contribution is 2.26. The number of para-hydroxylation sites is 2. The van der Waals surface area contributed by atoms with Crippen molar-refractivity contribution in [1.29, 1.82) is 0 Å². The first-order valence-corrected chi connectivity index (χ1v) is 8.28. The predicted molar refractivity (Wildman–Crippen MR) is 89.8 cm³/mol. The zero-order valence-electron chi connectivity index (χ0n) is 12.7. The van der Waals surface area contributed by atoms with Crippen LogP contribution in [0.5, 0.6) is 0 Å². The fourth-order valence-electron chi connectivity index (χ4n) is 2.53. The van der Waals surface area contributed by atoms with Crippen LogP contribution in [0.15, 0.2) is 36.4 Å². The smallest absolute Gasteiger partial charge is 0.124 e. The average Bonchev–Trinajstić information content (AvgIpc) is 3.13. The minimum atomic E-state index is 0.194. The number of aryl methyl sites for hydroxylation is 1. The van der Waals surface area contributed by atoms with Gasteiger partial charge in [-0.3, -0.25) is 0 Å². The van der Waals surface area contributed by atoms with E-state index in [0.717, 1.165) is 23.3 Å². The molecule has 110 valence electrons. The molecule has 0 fully saturated rings. The molecular formula is C17H21N3S. The summed E-state index contributed by atoms with van der Waals surface area (Å²) in [6.07, 6.45) is 1.11. The number of hydrogen-bond acceptors (Lipinski definition) is 3. The van der Waals surface area contributed by atoms with E-state index in [4.69, 9.17) is 0 Å². The number of aromatic amines is 1. The van der Waals surface area contributed by atoms with Crippen molar-refractivity contribution in [2.45, 2.75) is 39.3 Å². The lowest BCUT2D eigenvalue weighted by molar-refractivity contribution is 0.485. The van der Waals surface area contributed by atoms with Gasteiger partial charge in [0.25, 0.3) is 0 Å². The first-order valence-electron chi connectivity index (χ1n) is 7.46. The maximum atomic E-state index is 4.67. The Morgan fingerprint density at radius 3 is 2.67 bits per heavy atom. The van der Waals surface area contributed by atoms with E-state index in [9.17, 15) is 0 Å². The van der Waals surface area contributed by atoms with E-state index in [-0.39, 0.29) is 6.04 Å². The van der Waals surface area contributed by atoms with Crippen LogP contribution in [0.3, 0.4) is 0 Å². The monoisotopic (exact) mass is 299 g/mol. The zero-order chi connectivity index (χ0) is 14.8. The molecule has 3 aromatic rings. The SMILES string of the molecule is CCc1ccc(C(C)NC(C)c2nc3ccccc3[nH]2)s1. The number of aromatic nitrogens is 2. The molecule has 0 bridgehead atoms. The predicted octanol–water partition coefficient (Wildman–Crippen LogP) is 4.60. The lowest BCUT2D eigenvalue weighted by Crippen LogP contribution is -2.22. The summed E-state index contributed by atoms with van der Waals surface area (Å²) in [5.74, 6) is 0.996. The van der Waals surface area contributed by atoms with Gasteiger partial charge in [-0.05, 0) is 44.5 Å². The lowest BCUT2D eigenvalue weighted by atomic mass is 10.2. The van der Waals surface area contributed by atoms with E-state index < -0.39 is 0 Å². The van der Waals surface area contributed by atoms with Gasteiger partial charge in [-0.25, -0.2) is 4.98 Å². The number of H-pyrrole nitrogens is 1. The van der Waals surface area contributed by atoms with Crippen LogP contribution in [0.1, 0.15) is 48.4 Å². The molecule has 2 heterocycles. The van der Waals surface area contributed by atoms with E-state index in [0.29, 0.717) is 6.04 Å². The third-order valence-corrected chi connectivity index (χ3v) is 5.19. The molecule has 0 aliphatic rings. The molecule has 3 nitrogen and oxygen atoms in total. The summed E-state index contributed by atoms with van der Waals surface area (Å²) in [6, 6.07) is 13.1. The second-order valence-electron chi connectivity index (χ2n) is 5.41. The van der Waals surface area contributed by atoms with Crippen LogP contribution in [0.25, 0.3) is 11.0 Å². The van der Waals surface area contributed by atoms with E-state index in [1.165, 1.54) is 9.75 Å². The summed E-state index contributed by atoms with van der Waals surface area (Å²) in [5, 5.41) is 3.63. The molecule has 2 aromatic heterocycles. The zero-order valence-corrected chi connectivity index (χ0v) is 13.5. The molecule has 0 saturated heterocycles. The van der Waals surface area contributed by atoms with Gasteiger partial charge in [0.1, 0.15) is 5.82 Å². The summed E-state index contributed by atoms with van der Waals surface area (Å²) >= 11 is 1.89. The Labute approximate surface area is 129 Å². The third kappa shape index (κ3) is 3.01. The van der Waals surface area contributed by atoms with Gasteiger partial charge >= 0.3 is 0 Å². The first kappa shape index (κ1) is 14.3. The standard InChI is InChI=1S/C17H21N3S/c1-4-13-9-10-16(21-13)11(2)18-12(3)17-19-14-7-5-6-8-15(14)20-17/h5-12,18H,4H2,1-3H3,(H,19,20). The first-order chi connectivity index (χ1) is 10.2. The molecule has 0 spiro atoms. The van der Waals surface area contributed by atoms with Crippen molar-refractivity contribution in [3.05, 3.63) is 52.0 Å². The van der Waals surface area contributed by atoms with E-state index in [2.05, 4.69) is 54.3 Å². The second kappa shape index (κ2) is 6.00. The molecule has 0 saturated carbocycles. The van der Waals surface area contributed by atoms with Gasteiger partial charge in [0.15, 0.2) is 0 Å². The Kier molecular flexibility index (Phi) is 4.08. The summed E-state index contributed by atoms with van der Waals surface area (Å²) in [5.41, 5.74) is 2.12. The minimum absolute atomic E-state index is 0.194. The fraction of sp³-hybridized carbons (Fsp3) is 0.353. The van der Waals surface area contributed by atoms with Gasteiger partial charge in [0, 0.05) is 15.8 Å². The molecule has 4 heteroatoms. The van der Waals surface area contributed by atoms with Gasteiger partial charge in [-0.1, -0.05) is 19.1 Å². The molecule has 3 rings (SSSR count). The Hall–Kier alpha value is -1.65. The Bertz CT molecular complexity index is 695. The number of rotatable bonds is 5. The van der Waals surface area contributed by atoms with Crippen molar-refractivity contribution in [2.24, 2.45) is 0 Å². The number of hydrogen-bond donors (Lipinski definition) is 2. The maximum Gasteiger partial charge on any atom is 0.124 e. The van der Waals surface area contributed by atoms with Gasteiger partial charge in [-0.2, -0.15) is 0 Å². The summed E-state index contributed by atoms with van der Waals surface area (Å²) in [6.45, 7) is 6.57. The molecule has 0 aliphatic heterocycles. The van der Waals surface area contributed by atoms with E-state index in [1.807, 2.05) is 29.5 Å². The largest absolute Gasteiger partial charge is 0.341 e. The molecule has 0 radical (unpaired) electrons. The van der Waals surface area contributed by atoms with E-state index in [1.54, 1.807) is 0 Å². The van der Waals surface area contributed by atoms with Crippen LogP contribution >= 0.6 is 11.3 Å². The number of thiophene rings is 1. The molecular weight excluding hydrogens is 278 g/mol. The van der Waals surface area contributed by atoms with Crippen LogP contribution in [0, 0.1) is 0 Å². The molecule has 0 aliphatic carbocycles. The minimum Gasteiger partial charge on any atom is -0.341 e. The van der Waals surface area contributed by atoms with Crippen LogP contribution in [0.4, 0.5) is 0 Å². The average molecular weight is 299 g/mol. The van der Waals surface area contributed by atoms with Crippen LogP contribution in [0.2, 0.25) is 0 Å². The molecule has 0 amide bonds. The molecule has 2 atom stereocenters. The van der Waals surface area contributed by atoms with Gasteiger partial charge in [-0.15, -0.1) is 11.3 Å². The topological polar surface area (TPSA) is 40.7 Å². The van der Waals surface area contributed by atoms with Gasteiger partial charge < -0.3 is 10.3 Å². The van der Waals surface area contributed by atoms with Gasteiger partial charge in [0.05, 0.1) is 17.1 Å². The van der Waals surface area contributed by atoms with Crippen molar-refractivity contribution < 1.29 is 0 Å². The highest BCUT2D eigenvalue weighted by atomic mass is 32.1. The maximum absolute atomic E-state index is 4.67. The molecule has 21 heavy (non-hydrogen) atoms. The number of fused-ring (bicyclic) bond motifs is 1. The Morgan fingerprint density at radius 2 is 1.95 bits per heavy atom. The van der Waals surface area contributed by atoms with Crippen molar-refractivity contribution in [1.82, 2.24) is 15.3 Å². The summed E-state index contributed by atoms with van der Waals surface area (Å²) in [4.78, 5) is 10.9. The number of nitrogens with zero attached hydrogens (tertiary/aromatic N) is 1. The Balaban J connectivity index is 1.74. The lowest BCUT2D eigenvalue weighted by Gasteiger charge is -2.17. The number of imidazole rings is 1. The van der Waals surface area contributed by atoms with E-state index >= 15 is 0 Å². The summed E-state index contributed by atoms with van der Waals surface area (Å²) < 4.78 is 0.